The molecule has 6 atom stereocenters. The van der Waals surface area contributed by atoms with Crippen molar-refractivity contribution in [2.75, 3.05) is 6.61 Å². The Balaban J connectivity index is 2.15. The third kappa shape index (κ3) is 6.73. The van der Waals surface area contributed by atoms with Gasteiger partial charge in [0.1, 0.15) is 18.3 Å². The first-order valence-corrected chi connectivity index (χ1v) is 11.6. The molecule has 1 fully saturated rings. The number of aromatic nitrogens is 2. The summed E-state index contributed by atoms with van der Waals surface area (Å²) in [5, 5.41) is 20.0. The van der Waals surface area contributed by atoms with E-state index < -0.39 is 78.1 Å². The maximum Gasteiger partial charge on any atom is 0.490 e. The summed E-state index contributed by atoms with van der Waals surface area (Å²) in [4.78, 5) is 60.2. The van der Waals surface area contributed by atoms with E-state index in [-0.39, 0.29) is 0 Å². The van der Waals surface area contributed by atoms with Crippen molar-refractivity contribution in [3.8, 4) is 0 Å². The molecule has 20 heteroatoms. The smallest absolute Gasteiger partial charge is 0.387 e. The fraction of sp³-hybridized carbons (Fsp3) is 0.556. The van der Waals surface area contributed by atoms with Crippen LogP contribution in [0, 0.1) is 0 Å². The van der Waals surface area contributed by atoms with E-state index in [9.17, 15) is 38.4 Å². The van der Waals surface area contributed by atoms with Gasteiger partial charge in [0.05, 0.1) is 9.35 Å². The predicted molar refractivity (Wildman–Crippen MR) is 87.1 cm³/mol. The van der Waals surface area contributed by atoms with E-state index in [1.54, 1.807) is 4.98 Å². The van der Waals surface area contributed by atoms with E-state index >= 15 is 0 Å². The van der Waals surface area contributed by atoms with Gasteiger partial charge in [-0.25, -0.2) is 18.5 Å². The second kappa shape index (κ2) is 8.61. The monoisotopic (exact) mass is 488 g/mol. The Kier molecular flexibility index (Phi) is 6.30. The summed E-state index contributed by atoms with van der Waals surface area (Å²) in [6.45, 7) is -1.16. The summed E-state index contributed by atoms with van der Waals surface area (Å²) in [6, 6.07) is -0.971. The number of H-pyrrole nitrogens is 1. The number of phosphoric ester groups is 1. The van der Waals surface area contributed by atoms with Crippen LogP contribution in [0.2, 0.25) is 0 Å². The molecular weight excluding hydrogens is 469 g/mol. The Hall–Kier alpha value is -1.03. The molecule has 1 aromatic heterocycles. The summed E-state index contributed by atoms with van der Waals surface area (Å²) in [5.74, 6) is 0. The zero-order chi connectivity index (χ0) is 23.9. The fourth-order valence-corrected chi connectivity index (χ4v) is 5.11. The van der Waals surface area contributed by atoms with Crippen LogP contribution < -0.4 is 11.2 Å². The van der Waals surface area contributed by atoms with E-state index in [0.29, 0.717) is 4.57 Å². The van der Waals surface area contributed by atoms with Crippen molar-refractivity contribution in [1.29, 1.82) is 0 Å². The van der Waals surface area contributed by atoms with E-state index in [4.69, 9.17) is 22.2 Å². The highest BCUT2D eigenvalue weighted by Crippen LogP contribution is 2.66. The van der Waals surface area contributed by atoms with Gasteiger partial charge in [-0.05, 0) is 0 Å². The largest absolute Gasteiger partial charge is 0.490 e. The summed E-state index contributed by atoms with van der Waals surface area (Å²) >= 11 is 0. The molecule has 0 saturated carbocycles. The molecule has 29 heavy (non-hydrogen) atoms. The Morgan fingerprint density at radius 1 is 1.10 bits per heavy atom. The molecule has 166 valence electrons. The standard InChI is InChI=1S/C9H15N2O15P3/c12-5-1-2-11(9(15)10-5)8-7(14)6(13)4(24-8)3-23-28(19,20)26-29(21,22)25-27(16,17)18/h1-2,4,6-8,13-14H,3H2,(H,19,20)(H,21,22)(H,10,12,15)(H2,16,17,18)/t4-,6-,7-,8-/m1/s1/i1T,2T. The zero-order valence-corrected chi connectivity index (χ0v) is 16.3. The number of rotatable bonds is 8. The van der Waals surface area contributed by atoms with Gasteiger partial charge in [0.2, 0.25) is 0 Å². The topological polar surface area (TPSA) is 264 Å². The second-order valence-corrected chi connectivity index (χ2v) is 9.72. The average molecular weight is 488 g/mol. The molecule has 0 aromatic carbocycles. The number of nitrogens with one attached hydrogen (secondary N) is 1. The normalized spacial score (nSPS) is 30.3. The molecule has 2 rings (SSSR count). The quantitative estimate of drug-likeness (QED) is 0.186. The molecule has 7 N–H and O–H groups in total. The van der Waals surface area contributed by atoms with Crippen LogP contribution in [0.4, 0.5) is 0 Å². The second-order valence-electron chi connectivity index (χ2n) is 5.30. The molecule has 2 heterocycles. The molecule has 2 unspecified atom stereocenters. The van der Waals surface area contributed by atoms with Crippen molar-refractivity contribution in [3.63, 3.8) is 0 Å². The molecule has 0 radical (unpaired) electrons. The molecule has 1 aliphatic rings. The molecule has 0 amide bonds. The van der Waals surface area contributed by atoms with E-state index in [1.165, 1.54) is 0 Å². The van der Waals surface area contributed by atoms with Gasteiger partial charge in [-0.1, -0.05) is 0 Å². The predicted octanol–water partition coefficient (Wildman–Crippen LogP) is -2.50. The number of aliphatic hydroxyl groups is 2. The molecule has 0 bridgehead atoms. The lowest BCUT2D eigenvalue weighted by atomic mass is 10.1. The average Bonchev–Trinajstić information content (AvgIpc) is 2.83. The minimum Gasteiger partial charge on any atom is -0.387 e. The Bertz CT molecular complexity index is 1100. The zero-order valence-electron chi connectivity index (χ0n) is 15.7. The maximum absolute atomic E-state index is 11.9. The summed E-state index contributed by atoms with van der Waals surface area (Å²) in [7, 11) is -17.0. The van der Waals surface area contributed by atoms with Crippen LogP contribution in [0.1, 0.15) is 8.97 Å². The van der Waals surface area contributed by atoms with Gasteiger partial charge in [0.25, 0.3) is 5.56 Å². The lowest BCUT2D eigenvalue weighted by Gasteiger charge is -2.19. The van der Waals surface area contributed by atoms with E-state index in [1.807, 2.05) is 0 Å². The summed E-state index contributed by atoms with van der Waals surface area (Å²) in [5.41, 5.74) is -2.49. The minimum atomic E-state index is -5.79. The van der Waals surface area contributed by atoms with E-state index in [0.717, 1.165) is 0 Å². The van der Waals surface area contributed by atoms with Gasteiger partial charge in [0.15, 0.2) is 6.23 Å². The lowest BCUT2D eigenvalue weighted by Crippen LogP contribution is -2.37. The van der Waals surface area contributed by atoms with Crippen molar-refractivity contribution in [2.24, 2.45) is 0 Å². The first kappa shape index (κ1) is 21.2. The number of ether oxygens (including phenoxy) is 1. The van der Waals surface area contributed by atoms with Crippen molar-refractivity contribution in [2.45, 2.75) is 24.5 Å². The highest BCUT2D eigenvalue weighted by molar-refractivity contribution is 7.66. The van der Waals surface area contributed by atoms with Crippen LogP contribution in [0.3, 0.4) is 0 Å². The number of hydrogen-bond donors (Lipinski definition) is 7. The molecule has 1 aliphatic heterocycles. The van der Waals surface area contributed by atoms with Crippen LogP contribution in [0.15, 0.2) is 21.8 Å². The van der Waals surface area contributed by atoms with Crippen molar-refractivity contribution in [3.05, 3.63) is 33.1 Å². The first-order chi connectivity index (χ1) is 13.9. The molecule has 0 spiro atoms. The van der Waals surface area contributed by atoms with Gasteiger partial charge in [0, 0.05) is 12.2 Å². The van der Waals surface area contributed by atoms with Gasteiger partial charge in [-0.15, -0.1) is 0 Å². The van der Waals surface area contributed by atoms with Gasteiger partial charge < -0.3 is 34.5 Å². The van der Waals surface area contributed by atoms with Gasteiger partial charge >= 0.3 is 29.2 Å². The Morgan fingerprint density at radius 3 is 2.31 bits per heavy atom. The summed E-state index contributed by atoms with van der Waals surface area (Å²) < 4.78 is 65.2. The Morgan fingerprint density at radius 2 is 1.72 bits per heavy atom. The van der Waals surface area contributed by atoms with Crippen LogP contribution in [-0.2, 0) is 31.6 Å². The molecule has 1 aromatic rings. The Labute approximate surface area is 162 Å². The molecule has 1 saturated heterocycles. The number of nitrogens with zero attached hydrogens (tertiary/aromatic N) is 1. The van der Waals surface area contributed by atoms with Crippen LogP contribution in [-0.4, -0.2) is 64.3 Å². The van der Waals surface area contributed by atoms with E-state index in [2.05, 4.69) is 13.1 Å². The molecule has 17 nitrogen and oxygen atoms in total. The number of aromatic amines is 1. The van der Waals surface area contributed by atoms with Crippen molar-refractivity contribution >= 4 is 23.5 Å². The third-order valence-electron chi connectivity index (χ3n) is 3.14. The highest BCUT2D eigenvalue weighted by atomic mass is 31.3. The van der Waals surface area contributed by atoms with Crippen molar-refractivity contribution < 1.29 is 64.1 Å². The summed E-state index contributed by atoms with van der Waals surface area (Å²) in [6.07, 6.45) is -8.48. The third-order valence-corrected chi connectivity index (χ3v) is 6.94. The number of aliphatic hydroxyl groups excluding tert-OH is 2. The van der Waals surface area contributed by atoms with Crippen LogP contribution >= 0.6 is 23.5 Å². The highest BCUT2D eigenvalue weighted by Gasteiger charge is 2.46. The van der Waals surface area contributed by atoms with Crippen LogP contribution in [0.25, 0.3) is 0 Å². The van der Waals surface area contributed by atoms with Crippen LogP contribution in [0.5, 0.6) is 0 Å². The SMILES string of the molecule is [3H]c1c([3H])n([C@@H]2O[C@H](COP(=O)(O)OP(=O)(O)OP(=O)(O)O)[C@@H](O)[C@H]2O)c(=O)[nH]c1=O. The first-order valence-electron chi connectivity index (χ1n) is 8.06. The number of phosphoric acid groups is 3. The molecular formula is C9H15N2O15P3. The molecule has 0 aliphatic carbocycles. The fourth-order valence-electron chi connectivity index (χ4n) is 2.08. The minimum absolute atomic E-state index is 0.308. The lowest BCUT2D eigenvalue weighted by molar-refractivity contribution is -0.0542. The number of hydrogen-bond acceptors (Lipinski definition) is 11. The van der Waals surface area contributed by atoms with Gasteiger partial charge in [-0.2, -0.15) is 8.62 Å². The van der Waals surface area contributed by atoms with Crippen molar-refractivity contribution in [1.82, 2.24) is 9.55 Å². The maximum atomic E-state index is 11.9. The van der Waals surface area contributed by atoms with Gasteiger partial charge in [-0.3, -0.25) is 18.9 Å².